The maximum Gasteiger partial charge on any atom is 0.159 e. The zero-order valence-electron chi connectivity index (χ0n) is 11.8. The summed E-state index contributed by atoms with van der Waals surface area (Å²) in [5.74, 6) is 1.17. The van der Waals surface area contributed by atoms with Crippen LogP contribution in [0.4, 0.5) is 5.82 Å². The fourth-order valence-corrected chi connectivity index (χ4v) is 2.55. The molecule has 3 rings (SSSR count). The molecule has 1 atom stereocenters. The van der Waals surface area contributed by atoms with Gasteiger partial charge in [0.15, 0.2) is 11.0 Å². The van der Waals surface area contributed by atoms with Crippen LogP contribution in [0.2, 0.25) is 5.15 Å². The number of nitrogens with one attached hydrogen (secondary N) is 1. The van der Waals surface area contributed by atoms with Gasteiger partial charge in [-0.05, 0) is 11.5 Å². The molecule has 106 valence electrons. The molecule has 0 aliphatic heterocycles. The Hall–Kier alpha value is -2.13. The van der Waals surface area contributed by atoms with E-state index in [-0.39, 0.29) is 0 Å². The van der Waals surface area contributed by atoms with Crippen molar-refractivity contribution in [2.24, 2.45) is 0 Å². The second kappa shape index (κ2) is 6.10. The van der Waals surface area contributed by atoms with E-state index in [2.05, 4.69) is 46.7 Å². The number of benzene rings is 2. The van der Waals surface area contributed by atoms with Gasteiger partial charge in [0, 0.05) is 17.3 Å². The van der Waals surface area contributed by atoms with Crippen LogP contribution in [0, 0.1) is 0 Å². The Bertz CT molecular complexity index is 743. The van der Waals surface area contributed by atoms with Gasteiger partial charge in [-0.1, -0.05) is 73.1 Å². The molecule has 0 amide bonds. The molecule has 1 unspecified atom stereocenters. The third-order valence-corrected chi connectivity index (χ3v) is 3.87. The van der Waals surface area contributed by atoms with E-state index in [1.54, 1.807) is 0 Å². The summed E-state index contributed by atoms with van der Waals surface area (Å²) in [7, 11) is 0. The van der Waals surface area contributed by atoms with E-state index in [1.165, 1.54) is 5.56 Å². The summed E-state index contributed by atoms with van der Waals surface area (Å²) in [5.41, 5.74) is 1.30. The van der Waals surface area contributed by atoms with Crippen molar-refractivity contribution in [2.75, 3.05) is 11.9 Å². The number of nitrogens with zero attached hydrogens (tertiary/aromatic N) is 2. The molecule has 21 heavy (non-hydrogen) atoms. The van der Waals surface area contributed by atoms with Crippen molar-refractivity contribution in [1.29, 1.82) is 0 Å². The predicted molar refractivity (Wildman–Crippen MR) is 87.9 cm³/mol. The lowest BCUT2D eigenvalue weighted by molar-refractivity contribution is 0.799. The number of hydrogen-bond donors (Lipinski definition) is 1. The van der Waals surface area contributed by atoms with E-state index >= 15 is 0 Å². The highest BCUT2D eigenvalue weighted by molar-refractivity contribution is 6.34. The molecular formula is C17H16ClN3. The van der Waals surface area contributed by atoms with Gasteiger partial charge >= 0.3 is 0 Å². The molecule has 3 nitrogen and oxygen atoms in total. The van der Waals surface area contributed by atoms with Gasteiger partial charge in [-0.3, -0.25) is 0 Å². The third kappa shape index (κ3) is 2.98. The van der Waals surface area contributed by atoms with Gasteiger partial charge in [0.2, 0.25) is 0 Å². The van der Waals surface area contributed by atoms with Gasteiger partial charge in [-0.2, -0.15) is 0 Å². The molecule has 0 radical (unpaired) electrons. The van der Waals surface area contributed by atoms with Crippen molar-refractivity contribution < 1.29 is 0 Å². The Labute approximate surface area is 129 Å². The minimum absolute atomic E-state index is 0.391. The van der Waals surface area contributed by atoms with Crippen molar-refractivity contribution in [1.82, 2.24) is 10.2 Å². The molecule has 0 bridgehead atoms. The highest BCUT2D eigenvalue weighted by atomic mass is 35.5. The van der Waals surface area contributed by atoms with Gasteiger partial charge in [0.1, 0.15) is 0 Å². The van der Waals surface area contributed by atoms with Crippen LogP contribution in [0.25, 0.3) is 10.8 Å². The van der Waals surface area contributed by atoms with E-state index in [0.29, 0.717) is 11.1 Å². The fraction of sp³-hybridized carbons (Fsp3) is 0.176. The normalized spacial score (nSPS) is 12.3. The quantitative estimate of drug-likeness (QED) is 0.770. The van der Waals surface area contributed by atoms with Gasteiger partial charge in [0.25, 0.3) is 0 Å². The van der Waals surface area contributed by atoms with Crippen molar-refractivity contribution in [3.63, 3.8) is 0 Å². The lowest BCUT2D eigenvalue weighted by Crippen LogP contribution is -2.11. The maximum atomic E-state index is 6.09. The minimum Gasteiger partial charge on any atom is -0.367 e. The van der Waals surface area contributed by atoms with Crippen molar-refractivity contribution in [3.05, 3.63) is 65.3 Å². The Morgan fingerprint density at radius 1 is 0.952 bits per heavy atom. The summed E-state index contributed by atoms with van der Waals surface area (Å²) >= 11 is 6.09. The number of halogens is 1. The number of hydrogen-bond acceptors (Lipinski definition) is 3. The summed E-state index contributed by atoms with van der Waals surface area (Å²) < 4.78 is 0. The highest BCUT2D eigenvalue weighted by Crippen LogP contribution is 2.26. The molecule has 4 heteroatoms. The van der Waals surface area contributed by atoms with E-state index in [1.807, 2.05) is 30.3 Å². The molecule has 0 spiro atoms. The molecule has 0 fully saturated rings. The highest BCUT2D eigenvalue weighted by Gasteiger charge is 2.09. The molecule has 1 N–H and O–H groups in total. The topological polar surface area (TPSA) is 37.8 Å². The van der Waals surface area contributed by atoms with Crippen molar-refractivity contribution in [3.8, 4) is 0 Å². The van der Waals surface area contributed by atoms with Crippen molar-refractivity contribution in [2.45, 2.75) is 12.8 Å². The van der Waals surface area contributed by atoms with Crippen LogP contribution in [0.15, 0.2) is 54.6 Å². The Balaban J connectivity index is 1.81. The first-order valence-corrected chi connectivity index (χ1v) is 7.33. The molecular weight excluding hydrogens is 282 g/mol. The summed E-state index contributed by atoms with van der Waals surface area (Å²) in [6, 6.07) is 18.3. The standard InChI is InChI=1S/C17H16ClN3/c1-12(13-7-3-2-4-8-13)11-19-17-15-10-6-5-9-14(15)16(18)20-21-17/h2-10,12H,11H2,1H3,(H,19,21). The van der Waals surface area contributed by atoms with Crippen LogP contribution in [-0.4, -0.2) is 16.7 Å². The monoisotopic (exact) mass is 297 g/mol. The molecule has 1 aromatic heterocycles. The average molecular weight is 298 g/mol. The summed E-state index contributed by atoms with van der Waals surface area (Å²) in [6.45, 7) is 2.98. The van der Waals surface area contributed by atoms with Crippen LogP contribution in [0.3, 0.4) is 0 Å². The number of aromatic nitrogens is 2. The lowest BCUT2D eigenvalue weighted by Gasteiger charge is -2.14. The molecule has 1 heterocycles. The molecule has 0 aliphatic rings. The first-order valence-electron chi connectivity index (χ1n) is 6.95. The van der Waals surface area contributed by atoms with Gasteiger partial charge in [-0.15, -0.1) is 10.2 Å². The van der Waals surface area contributed by atoms with Gasteiger partial charge in [-0.25, -0.2) is 0 Å². The molecule has 0 saturated carbocycles. The van der Waals surface area contributed by atoms with Crippen LogP contribution in [0.5, 0.6) is 0 Å². The average Bonchev–Trinajstić information content (AvgIpc) is 2.55. The second-order valence-corrected chi connectivity index (χ2v) is 5.44. The van der Waals surface area contributed by atoms with Crippen LogP contribution < -0.4 is 5.32 Å². The molecule has 2 aromatic carbocycles. The number of fused-ring (bicyclic) bond motifs is 1. The van der Waals surface area contributed by atoms with Crippen molar-refractivity contribution >= 4 is 28.2 Å². The summed E-state index contributed by atoms with van der Waals surface area (Å²) in [6.07, 6.45) is 0. The zero-order valence-corrected chi connectivity index (χ0v) is 12.5. The zero-order chi connectivity index (χ0) is 14.7. The third-order valence-electron chi connectivity index (χ3n) is 3.59. The van der Waals surface area contributed by atoms with Crippen LogP contribution in [0.1, 0.15) is 18.4 Å². The van der Waals surface area contributed by atoms with Gasteiger partial charge in [0.05, 0.1) is 0 Å². The van der Waals surface area contributed by atoms with E-state index in [0.717, 1.165) is 23.1 Å². The summed E-state index contributed by atoms with van der Waals surface area (Å²) in [5, 5.41) is 13.9. The van der Waals surface area contributed by atoms with E-state index in [9.17, 15) is 0 Å². The smallest absolute Gasteiger partial charge is 0.159 e. The largest absolute Gasteiger partial charge is 0.367 e. The minimum atomic E-state index is 0.391. The van der Waals surface area contributed by atoms with Crippen LogP contribution >= 0.6 is 11.6 Å². The Kier molecular flexibility index (Phi) is 4.02. The van der Waals surface area contributed by atoms with Crippen LogP contribution in [-0.2, 0) is 0 Å². The van der Waals surface area contributed by atoms with Gasteiger partial charge < -0.3 is 5.32 Å². The summed E-state index contributed by atoms with van der Waals surface area (Å²) in [4.78, 5) is 0. The fourth-order valence-electron chi connectivity index (χ4n) is 2.35. The Morgan fingerprint density at radius 2 is 1.62 bits per heavy atom. The van der Waals surface area contributed by atoms with E-state index < -0.39 is 0 Å². The molecule has 3 aromatic rings. The maximum absolute atomic E-state index is 6.09. The molecule has 0 aliphatic carbocycles. The van der Waals surface area contributed by atoms with E-state index in [4.69, 9.17) is 11.6 Å². The first-order chi connectivity index (χ1) is 10.3. The number of anilines is 1. The first kappa shape index (κ1) is 13.8. The molecule has 0 saturated heterocycles. The lowest BCUT2D eigenvalue weighted by atomic mass is 10.0. The Morgan fingerprint density at radius 3 is 2.38 bits per heavy atom. The second-order valence-electron chi connectivity index (χ2n) is 5.08. The number of rotatable bonds is 4. The SMILES string of the molecule is CC(CNc1nnc(Cl)c2ccccc12)c1ccccc1. The predicted octanol–water partition coefficient (Wildman–Crippen LogP) is 4.50.